The van der Waals surface area contributed by atoms with E-state index in [9.17, 15) is 9.59 Å². The number of aryl methyl sites for hydroxylation is 2. The third-order valence-electron chi connectivity index (χ3n) is 4.20. The van der Waals surface area contributed by atoms with Crippen LogP contribution in [0.25, 0.3) is 0 Å². The van der Waals surface area contributed by atoms with Crippen LogP contribution in [0.3, 0.4) is 0 Å². The lowest BCUT2D eigenvalue weighted by molar-refractivity contribution is -0.139. The molecule has 0 bridgehead atoms. The highest BCUT2D eigenvalue weighted by atomic mass is 16.5. The summed E-state index contributed by atoms with van der Waals surface area (Å²) in [6, 6.07) is 3.58. The highest BCUT2D eigenvalue weighted by Crippen LogP contribution is 2.27. The molecule has 1 aromatic rings. The lowest BCUT2D eigenvalue weighted by atomic mass is 9.91. The van der Waals surface area contributed by atoms with Crippen molar-refractivity contribution in [3.8, 4) is 5.75 Å². The van der Waals surface area contributed by atoms with Gasteiger partial charge in [-0.2, -0.15) is 0 Å². The number of ether oxygens (including phenoxy) is 1. The molecule has 23 heavy (non-hydrogen) atoms. The second-order valence-corrected chi connectivity index (χ2v) is 6.78. The summed E-state index contributed by atoms with van der Waals surface area (Å²) in [7, 11) is 0. The van der Waals surface area contributed by atoms with Crippen LogP contribution in [0.15, 0.2) is 12.1 Å². The Bertz CT molecular complexity index is 578. The smallest absolute Gasteiger partial charge is 0.341 e. The van der Waals surface area contributed by atoms with E-state index in [0.29, 0.717) is 23.1 Å². The molecule has 126 valence electrons. The van der Waals surface area contributed by atoms with E-state index in [1.807, 2.05) is 18.7 Å². The van der Waals surface area contributed by atoms with Crippen molar-refractivity contribution in [3.63, 3.8) is 0 Å². The number of rotatable bonds is 4. The van der Waals surface area contributed by atoms with E-state index in [1.165, 1.54) is 0 Å². The molecule has 0 radical (unpaired) electrons. The van der Waals surface area contributed by atoms with E-state index in [1.54, 1.807) is 12.1 Å². The number of hydrogen-bond acceptors (Lipinski definition) is 3. The van der Waals surface area contributed by atoms with Gasteiger partial charge in [0.15, 0.2) is 6.61 Å². The number of hydrogen-bond donors (Lipinski definition) is 1. The van der Waals surface area contributed by atoms with Gasteiger partial charge in [-0.25, -0.2) is 4.79 Å². The van der Waals surface area contributed by atoms with Gasteiger partial charge in [0, 0.05) is 18.7 Å². The third kappa shape index (κ3) is 4.24. The average Bonchev–Trinajstić information content (AvgIpc) is 2.44. The number of amides is 1. The maximum atomic E-state index is 12.8. The molecule has 1 amide bonds. The van der Waals surface area contributed by atoms with E-state index >= 15 is 0 Å². The van der Waals surface area contributed by atoms with Crippen molar-refractivity contribution < 1.29 is 19.4 Å². The average molecular weight is 319 g/mol. The Kier molecular flexibility index (Phi) is 5.29. The second-order valence-electron chi connectivity index (χ2n) is 6.78. The first kappa shape index (κ1) is 17.3. The van der Waals surface area contributed by atoms with E-state index in [-0.39, 0.29) is 12.5 Å². The Morgan fingerprint density at radius 2 is 1.70 bits per heavy atom. The van der Waals surface area contributed by atoms with E-state index in [2.05, 4.69) is 13.8 Å². The molecule has 2 rings (SSSR count). The Balaban J connectivity index is 2.20. The van der Waals surface area contributed by atoms with Crippen LogP contribution in [0.2, 0.25) is 0 Å². The van der Waals surface area contributed by atoms with E-state index in [4.69, 9.17) is 9.84 Å². The van der Waals surface area contributed by atoms with Crippen molar-refractivity contribution in [2.24, 2.45) is 11.8 Å². The van der Waals surface area contributed by atoms with Crippen LogP contribution in [0, 0.1) is 25.7 Å². The lowest BCUT2D eigenvalue weighted by Crippen LogP contribution is -2.42. The minimum atomic E-state index is -1.01. The number of carboxylic acids is 1. The predicted octanol–water partition coefficient (Wildman–Crippen LogP) is 2.88. The summed E-state index contributed by atoms with van der Waals surface area (Å²) in [5.41, 5.74) is 2.21. The molecule has 1 fully saturated rings. The minimum absolute atomic E-state index is 0.0411. The highest BCUT2D eigenvalue weighted by Gasteiger charge is 2.26. The molecule has 5 heteroatoms. The Morgan fingerprint density at radius 3 is 2.17 bits per heavy atom. The number of carbonyl (C=O) groups excluding carboxylic acids is 1. The normalized spacial score (nSPS) is 21.1. The van der Waals surface area contributed by atoms with Crippen molar-refractivity contribution in [2.75, 3.05) is 19.7 Å². The van der Waals surface area contributed by atoms with Gasteiger partial charge in [-0.05, 0) is 55.4 Å². The standard InChI is InChI=1S/C18H25NO4/c1-11-5-12(2)9-19(8-11)18(22)15-6-13(3)17(14(4)7-15)23-10-16(20)21/h6-7,11-12H,5,8-10H2,1-4H3,(H,20,21). The molecule has 1 heterocycles. The van der Waals surface area contributed by atoms with E-state index in [0.717, 1.165) is 30.6 Å². The van der Waals surface area contributed by atoms with Crippen LogP contribution in [0.5, 0.6) is 5.75 Å². The van der Waals surface area contributed by atoms with Gasteiger partial charge in [0.05, 0.1) is 0 Å². The zero-order valence-electron chi connectivity index (χ0n) is 14.3. The summed E-state index contributed by atoms with van der Waals surface area (Å²) < 4.78 is 5.32. The largest absolute Gasteiger partial charge is 0.481 e. The Hall–Kier alpha value is -2.04. The number of carbonyl (C=O) groups is 2. The lowest BCUT2D eigenvalue weighted by Gasteiger charge is -2.35. The van der Waals surface area contributed by atoms with Crippen LogP contribution in [0.1, 0.15) is 41.8 Å². The summed E-state index contributed by atoms with van der Waals surface area (Å²) >= 11 is 0. The fourth-order valence-electron chi connectivity index (χ4n) is 3.45. The molecule has 2 atom stereocenters. The molecule has 0 spiro atoms. The molecule has 0 saturated carbocycles. The summed E-state index contributed by atoms with van der Waals surface area (Å²) in [5, 5.41) is 8.73. The number of likely N-dealkylation sites (tertiary alicyclic amines) is 1. The highest BCUT2D eigenvalue weighted by molar-refractivity contribution is 5.95. The molecule has 0 aromatic heterocycles. The van der Waals surface area contributed by atoms with Crippen LogP contribution in [-0.4, -0.2) is 41.6 Å². The Morgan fingerprint density at radius 1 is 1.17 bits per heavy atom. The second kappa shape index (κ2) is 7.02. The van der Waals surface area contributed by atoms with Gasteiger partial charge in [-0.1, -0.05) is 13.8 Å². The van der Waals surface area contributed by atoms with Gasteiger partial charge < -0.3 is 14.7 Å². The molecular formula is C18H25NO4. The number of benzene rings is 1. The molecule has 5 nitrogen and oxygen atoms in total. The first-order valence-corrected chi connectivity index (χ1v) is 8.03. The Labute approximate surface area is 137 Å². The fraction of sp³-hybridized carbons (Fsp3) is 0.556. The quantitative estimate of drug-likeness (QED) is 0.926. The number of aliphatic carboxylic acids is 1. The monoisotopic (exact) mass is 319 g/mol. The van der Waals surface area contributed by atoms with Crippen LogP contribution >= 0.6 is 0 Å². The first-order chi connectivity index (χ1) is 10.8. The van der Waals surface area contributed by atoms with Crippen LogP contribution in [0.4, 0.5) is 0 Å². The van der Waals surface area contributed by atoms with Gasteiger partial charge in [0.25, 0.3) is 5.91 Å². The predicted molar refractivity (Wildman–Crippen MR) is 87.9 cm³/mol. The molecule has 1 N–H and O–H groups in total. The maximum absolute atomic E-state index is 12.8. The third-order valence-corrected chi connectivity index (χ3v) is 4.20. The molecule has 1 aromatic carbocycles. The van der Waals surface area contributed by atoms with Gasteiger partial charge in [-0.3, -0.25) is 4.79 Å². The van der Waals surface area contributed by atoms with Crippen molar-refractivity contribution in [2.45, 2.75) is 34.1 Å². The fourth-order valence-corrected chi connectivity index (χ4v) is 3.45. The van der Waals surface area contributed by atoms with Gasteiger partial charge in [0.1, 0.15) is 5.75 Å². The molecule has 2 unspecified atom stereocenters. The number of carboxylic acid groups (broad SMARTS) is 1. The zero-order valence-corrected chi connectivity index (χ0v) is 14.3. The van der Waals surface area contributed by atoms with E-state index < -0.39 is 5.97 Å². The molecule has 1 aliphatic heterocycles. The van der Waals surface area contributed by atoms with Gasteiger partial charge in [-0.15, -0.1) is 0 Å². The summed E-state index contributed by atoms with van der Waals surface area (Å²) in [6.45, 7) is 9.22. The number of nitrogens with zero attached hydrogens (tertiary/aromatic N) is 1. The van der Waals surface area contributed by atoms with Crippen molar-refractivity contribution >= 4 is 11.9 Å². The molecule has 0 aliphatic carbocycles. The van der Waals surface area contributed by atoms with Crippen molar-refractivity contribution in [3.05, 3.63) is 28.8 Å². The van der Waals surface area contributed by atoms with Gasteiger partial charge in [0.2, 0.25) is 0 Å². The molecular weight excluding hydrogens is 294 g/mol. The maximum Gasteiger partial charge on any atom is 0.341 e. The molecule has 1 aliphatic rings. The van der Waals surface area contributed by atoms with Crippen LogP contribution < -0.4 is 4.74 Å². The van der Waals surface area contributed by atoms with Crippen molar-refractivity contribution in [1.29, 1.82) is 0 Å². The van der Waals surface area contributed by atoms with Crippen molar-refractivity contribution in [1.82, 2.24) is 4.90 Å². The summed E-state index contributed by atoms with van der Waals surface area (Å²) in [4.78, 5) is 25.3. The molecule has 1 saturated heterocycles. The SMILES string of the molecule is Cc1cc(C(=O)N2CC(C)CC(C)C2)cc(C)c1OCC(=O)O. The zero-order chi connectivity index (χ0) is 17.1. The first-order valence-electron chi connectivity index (χ1n) is 8.03. The summed E-state index contributed by atoms with van der Waals surface area (Å²) in [6.07, 6.45) is 1.16. The van der Waals surface area contributed by atoms with Gasteiger partial charge >= 0.3 is 5.97 Å². The van der Waals surface area contributed by atoms with Crippen LogP contribution in [-0.2, 0) is 4.79 Å². The minimum Gasteiger partial charge on any atom is -0.481 e. The topological polar surface area (TPSA) is 66.8 Å². The summed E-state index contributed by atoms with van der Waals surface area (Å²) in [5.74, 6) is 0.607. The number of piperidine rings is 1.